The van der Waals surface area contributed by atoms with Crippen LogP contribution in [-0.4, -0.2) is 17.0 Å². The Hall–Kier alpha value is -2.84. The number of carboxylic acids is 1. The number of hydrogen-bond acceptors (Lipinski definition) is 3. The number of anilines is 1. The molecule has 0 unspecified atom stereocenters. The zero-order chi connectivity index (χ0) is 20.5. The second-order valence-electron chi connectivity index (χ2n) is 5.69. The van der Waals surface area contributed by atoms with E-state index in [-0.39, 0.29) is 16.1 Å². The van der Waals surface area contributed by atoms with Crippen LogP contribution in [-0.2, 0) is 6.18 Å². The van der Waals surface area contributed by atoms with Crippen molar-refractivity contribution in [2.24, 2.45) is 0 Å². The summed E-state index contributed by atoms with van der Waals surface area (Å²) in [5.41, 5.74) is -0.000228. The first kappa shape index (κ1) is 19.9. The molecule has 0 radical (unpaired) electrons. The first-order valence-corrected chi connectivity index (χ1v) is 9.02. The van der Waals surface area contributed by atoms with Crippen LogP contribution in [0.1, 0.15) is 26.3 Å². The van der Waals surface area contributed by atoms with E-state index < -0.39 is 23.6 Å². The van der Waals surface area contributed by atoms with E-state index in [4.69, 9.17) is 11.6 Å². The number of thiophene rings is 1. The molecular weight excluding hydrogens is 415 g/mol. The fraction of sp³-hybridized carbons (Fsp3) is 0.0526. The van der Waals surface area contributed by atoms with E-state index in [1.54, 1.807) is 29.6 Å². The first-order chi connectivity index (χ1) is 13.2. The van der Waals surface area contributed by atoms with Crippen LogP contribution in [0.25, 0.3) is 11.1 Å². The van der Waals surface area contributed by atoms with Crippen molar-refractivity contribution in [2.75, 3.05) is 5.32 Å². The highest BCUT2D eigenvalue weighted by Crippen LogP contribution is 2.36. The molecule has 1 heterocycles. The van der Waals surface area contributed by atoms with Crippen molar-refractivity contribution in [3.8, 4) is 11.1 Å². The van der Waals surface area contributed by atoms with Gasteiger partial charge in [0.25, 0.3) is 5.91 Å². The van der Waals surface area contributed by atoms with Crippen LogP contribution in [0.4, 0.5) is 18.2 Å². The second kappa shape index (κ2) is 7.65. The average molecular weight is 426 g/mol. The van der Waals surface area contributed by atoms with E-state index in [9.17, 15) is 27.9 Å². The first-order valence-electron chi connectivity index (χ1n) is 7.76. The Labute approximate surface area is 166 Å². The molecule has 0 aliphatic rings. The molecule has 2 aromatic carbocycles. The van der Waals surface area contributed by atoms with Gasteiger partial charge in [-0.1, -0.05) is 23.7 Å². The Balaban J connectivity index is 1.89. The van der Waals surface area contributed by atoms with Crippen molar-refractivity contribution in [3.63, 3.8) is 0 Å². The van der Waals surface area contributed by atoms with Crippen molar-refractivity contribution in [1.82, 2.24) is 0 Å². The van der Waals surface area contributed by atoms with Crippen LogP contribution >= 0.6 is 22.9 Å². The summed E-state index contributed by atoms with van der Waals surface area (Å²) in [6, 6.07) is 10.2. The quantitative estimate of drug-likeness (QED) is 0.535. The zero-order valence-electron chi connectivity index (χ0n) is 13.9. The van der Waals surface area contributed by atoms with E-state index in [1.807, 2.05) is 0 Å². The van der Waals surface area contributed by atoms with Gasteiger partial charge >= 0.3 is 12.1 Å². The lowest BCUT2D eigenvalue weighted by Gasteiger charge is -2.08. The Bertz CT molecular complexity index is 1030. The number of benzene rings is 2. The summed E-state index contributed by atoms with van der Waals surface area (Å²) in [6.07, 6.45) is -4.51. The molecule has 0 spiro atoms. The summed E-state index contributed by atoms with van der Waals surface area (Å²) in [7, 11) is 0. The number of carbonyl (C=O) groups is 2. The number of amides is 1. The molecule has 144 valence electrons. The van der Waals surface area contributed by atoms with Gasteiger partial charge < -0.3 is 10.4 Å². The fourth-order valence-electron chi connectivity index (χ4n) is 2.49. The lowest BCUT2D eigenvalue weighted by Crippen LogP contribution is -2.14. The normalized spacial score (nSPS) is 11.3. The van der Waals surface area contributed by atoms with E-state index in [0.717, 1.165) is 35.6 Å². The highest BCUT2D eigenvalue weighted by molar-refractivity contribution is 7.15. The van der Waals surface area contributed by atoms with Crippen molar-refractivity contribution >= 4 is 39.8 Å². The summed E-state index contributed by atoms with van der Waals surface area (Å²) in [5.74, 6) is -1.95. The maximum absolute atomic E-state index is 12.6. The van der Waals surface area contributed by atoms with Crippen molar-refractivity contribution in [1.29, 1.82) is 0 Å². The van der Waals surface area contributed by atoms with Crippen LogP contribution in [0.3, 0.4) is 0 Å². The molecule has 0 bridgehead atoms. The number of carbonyl (C=O) groups excluding carboxylic acids is 1. The number of hydrogen-bond donors (Lipinski definition) is 2. The molecule has 1 aromatic heterocycles. The van der Waals surface area contributed by atoms with Crippen molar-refractivity contribution < 1.29 is 27.9 Å². The van der Waals surface area contributed by atoms with Gasteiger partial charge in [0.15, 0.2) is 0 Å². The average Bonchev–Trinajstić information content (AvgIpc) is 3.05. The van der Waals surface area contributed by atoms with Gasteiger partial charge in [-0.2, -0.15) is 13.2 Å². The summed E-state index contributed by atoms with van der Waals surface area (Å²) >= 11 is 6.85. The molecule has 0 aliphatic carbocycles. The molecule has 1 amide bonds. The minimum absolute atomic E-state index is 0.0224. The minimum atomic E-state index is -4.51. The molecule has 3 rings (SSSR count). The molecule has 28 heavy (non-hydrogen) atoms. The van der Waals surface area contributed by atoms with Crippen molar-refractivity contribution in [2.45, 2.75) is 6.18 Å². The third kappa shape index (κ3) is 4.18. The number of carboxylic acid groups (broad SMARTS) is 1. The van der Waals surface area contributed by atoms with Gasteiger partial charge in [0.1, 0.15) is 10.6 Å². The molecule has 4 nitrogen and oxygen atoms in total. The minimum Gasteiger partial charge on any atom is -0.478 e. The zero-order valence-corrected chi connectivity index (χ0v) is 15.5. The van der Waals surface area contributed by atoms with Gasteiger partial charge in [-0.05, 0) is 42.0 Å². The summed E-state index contributed by atoms with van der Waals surface area (Å²) in [5, 5.41) is 14.2. The van der Waals surface area contributed by atoms with Gasteiger partial charge in [-0.25, -0.2) is 4.79 Å². The van der Waals surface area contributed by atoms with Gasteiger partial charge in [0.05, 0.1) is 5.56 Å². The smallest absolute Gasteiger partial charge is 0.416 e. The van der Waals surface area contributed by atoms with Crippen molar-refractivity contribution in [3.05, 3.63) is 75.6 Å². The van der Waals surface area contributed by atoms with Gasteiger partial charge in [-0.15, -0.1) is 11.3 Å². The topological polar surface area (TPSA) is 66.4 Å². The number of nitrogens with one attached hydrogen (secondary N) is 1. The standard InChI is InChI=1S/C19H11ClF3NO3S/c20-13-7-3-10(4-8-13)14-9-28-17(15(14)18(26)27)24-16(25)11-1-5-12(6-2-11)19(21,22)23/h1-9H,(H,24,25)(H,26,27). The third-order valence-electron chi connectivity index (χ3n) is 3.86. The molecule has 9 heteroatoms. The number of aromatic carboxylic acids is 1. The fourth-order valence-corrected chi connectivity index (χ4v) is 3.57. The highest BCUT2D eigenvalue weighted by Gasteiger charge is 2.30. The highest BCUT2D eigenvalue weighted by atomic mass is 35.5. The summed E-state index contributed by atoms with van der Waals surface area (Å²) < 4.78 is 37.9. The monoisotopic (exact) mass is 425 g/mol. The number of rotatable bonds is 4. The largest absolute Gasteiger partial charge is 0.478 e. The molecule has 0 saturated carbocycles. The van der Waals surface area contributed by atoms with Crippen LogP contribution in [0.5, 0.6) is 0 Å². The lowest BCUT2D eigenvalue weighted by atomic mass is 10.0. The third-order valence-corrected chi connectivity index (χ3v) is 5.01. The number of halogens is 4. The predicted molar refractivity (Wildman–Crippen MR) is 101 cm³/mol. The van der Waals surface area contributed by atoms with Crippen LogP contribution < -0.4 is 5.32 Å². The molecule has 0 atom stereocenters. The Morgan fingerprint density at radius 1 is 1.00 bits per heavy atom. The molecule has 0 aliphatic heterocycles. The summed E-state index contributed by atoms with van der Waals surface area (Å²) in [6.45, 7) is 0. The molecule has 0 fully saturated rings. The van der Waals surface area contributed by atoms with E-state index in [1.165, 1.54) is 0 Å². The lowest BCUT2D eigenvalue weighted by molar-refractivity contribution is -0.137. The van der Waals surface area contributed by atoms with Crippen LogP contribution in [0.15, 0.2) is 53.9 Å². The van der Waals surface area contributed by atoms with Gasteiger partial charge in [0.2, 0.25) is 0 Å². The predicted octanol–water partition coefficient (Wildman–Crippen LogP) is 6.04. The van der Waals surface area contributed by atoms with E-state index >= 15 is 0 Å². The Morgan fingerprint density at radius 2 is 1.61 bits per heavy atom. The molecule has 2 N–H and O–H groups in total. The number of alkyl halides is 3. The van der Waals surface area contributed by atoms with Crippen LogP contribution in [0, 0.1) is 0 Å². The van der Waals surface area contributed by atoms with Gasteiger partial charge in [0, 0.05) is 21.5 Å². The van der Waals surface area contributed by atoms with Crippen LogP contribution in [0.2, 0.25) is 5.02 Å². The molecule has 0 saturated heterocycles. The van der Waals surface area contributed by atoms with E-state index in [2.05, 4.69) is 5.32 Å². The molecule has 3 aromatic rings. The Morgan fingerprint density at radius 3 is 2.14 bits per heavy atom. The maximum Gasteiger partial charge on any atom is 0.416 e. The molecular formula is C19H11ClF3NO3S. The van der Waals surface area contributed by atoms with Gasteiger partial charge in [-0.3, -0.25) is 4.79 Å². The Kier molecular flexibility index (Phi) is 5.44. The summed E-state index contributed by atoms with van der Waals surface area (Å²) in [4.78, 5) is 24.1. The van der Waals surface area contributed by atoms with E-state index in [0.29, 0.717) is 16.1 Å². The second-order valence-corrected chi connectivity index (χ2v) is 7.01. The SMILES string of the molecule is O=C(Nc1scc(-c2ccc(Cl)cc2)c1C(=O)O)c1ccc(C(F)(F)F)cc1. The maximum atomic E-state index is 12.6.